The van der Waals surface area contributed by atoms with Gasteiger partial charge in [0.2, 0.25) is 5.91 Å². The van der Waals surface area contributed by atoms with E-state index in [0.29, 0.717) is 18.7 Å². The molecule has 5 nitrogen and oxygen atoms in total. The number of rotatable bonds is 4. The highest BCUT2D eigenvalue weighted by molar-refractivity contribution is 7.13. The van der Waals surface area contributed by atoms with Gasteiger partial charge < -0.3 is 4.90 Å². The van der Waals surface area contributed by atoms with Crippen molar-refractivity contribution in [2.24, 2.45) is 0 Å². The third-order valence-corrected chi connectivity index (χ3v) is 5.89. The molecule has 1 aliphatic heterocycles. The molecule has 1 aliphatic rings. The number of carbonyl (C=O) groups is 1. The number of hydrogen-bond acceptors (Lipinski definition) is 4. The molecule has 3 aromatic rings. The summed E-state index contributed by atoms with van der Waals surface area (Å²) in [5, 5.41) is 6.52. The van der Waals surface area contributed by atoms with Gasteiger partial charge >= 0.3 is 0 Å². The summed E-state index contributed by atoms with van der Waals surface area (Å²) in [6.07, 6.45) is 1.59. The van der Waals surface area contributed by atoms with E-state index in [9.17, 15) is 14.0 Å². The zero-order chi connectivity index (χ0) is 19.5. The molecule has 1 amide bonds. The summed E-state index contributed by atoms with van der Waals surface area (Å²) in [4.78, 5) is 27.8. The van der Waals surface area contributed by atoms with Crippen molar-refractivity contribution in [2.45, 2.75) is 25.3 Å². The summed E-state index contributed by atoms with van der Waals surface area (Å²) in [5.41, 5.74) is 0.975. The maximum atomic E-state index is 13.9. The first-order chi connectivity index (χ1) is 13.6. The molecule has 0 bridgehead atoms. The molecule has 144 valence electrons. The topological polar surface area (TPSA) is 55.2 Å². The van der Waals surface area contributed by atoms with Gasteiger partial charge in [-0.1, -0.05) is 24.3 Å². The predicted molar refractivity (Wildman–Crippen MR) is 107 cm³/mol. The number of aromatic nitrogens is 2. The van der Waals surface area contributed by atoms with Gasteiger partial charge in [0.1, 0.15) is 11.5 Å². The number of benzene rings is 1. The van der Waals surface area contributed by atoms with E-state index in [-0.39, 0.29) is 29.7 Å². The van der Waals surface area contributed by atoms with Gasteiger partial charge in [-0.05, 0) is 42.0 Å². The maximum absolute atomic E-state index is 13.9. The lowest BCUT2D eigenvalue weighted by Crippen LogP contribution is -2.44. The van der Waals surface area contributed by atoms with Crippen molar-refractivity contribution < 1.29 is 9.18 Å². The first kappa shape index (κ1) is 18.6. The van der Waals surface area contributed by atoms with E-state index in [1.54, 1.807) is 40.5 Å². The first-order valence-corrected chi connectivity index (χ1v) is 10.1. The SMILES string of the molecule is O=C(Cc1ccccc1F)N1CCC[C@H](n2nc(-c3cccs3)ccc2=O)C1. The van der Waals surface area contributed by atoms with Gasteiger partial charge in [-0.3, -0.25) is 9.59 Å². The number of halogens is 1. The second-order valence-corrected chi connectivity index (χ2v) is 7.83. The zero-order valence-corrected chi connectivity index (χ0v) is 16.1. The Hall–Kier alpha value is -2.80. The van der Waals surface area contributed by atoms with Crippen molar-refractivity contribution >= 4 is 17.2 Å². The standard InChI is InChI=1S/C21H20FN3O2S/c22-17-7-2-1-5-15(17)13-21(27)24-11-3-6-16(14-24)25-20(26)10-9-18(23-25)19-8-4-12-28-19/h1-2,4-5,7-10,12,16H,3,6,11,13-14H2/t16-/m0/s1. The molecule has 1 saturated heterocycles. The van der Waals surface area contributed by atoms with E-state index in [1.165, 1.54) is 16.8 Å². The van der Waals surface area contributed by atoms with Crippen LogP contribution in [0.15, 0.2) is 58.7 Å². The van der Waals surface area contributed by atoms with Crippen LogP contribution in [-0.4, -0.2) is 33.7 Å². The molecule has 3 heterocycles. The minimum absolute atomic E-state index is 0.0248. The van der Waals surface area contributed by atoms with Crippen LogP contribution in [0.2, 0.25) is 0 Å². The van der Waals surface area contributed by atoms with Crippen LogP contribution in [0, 0.1) is 5.82 Å². The normalized spacial score (nSPS) is 16.9. The van der Waals surface area contributed by atoms with Gasteiger partial charge in [-0.25, -0.2) is 9.07 Å². The van der Waals surface area contributed by atoms with Crippen molar-refractivity contribution in [1.29, 1.82) is 0 Å². The van der Waals surface area contributed by atoms with Crippen LogP contribution in [0.1, 0.15) is 24.4 Å². The molecular formula is C21H20FN3O2S. The second kappa shape index (κ2) is 8.06. The number of carbonyl (C=O) groups excluding carboxylic acids is 1. The fourth-order valence-electron chi connectivity index (χ4n) is 3.54. The lowest BCUT2D eigenvalue weighted by atomic mass is 10.0. The fraction of sp³-hybridized carbons (Fsp3) is 0.286. The van der Waals surface area contributed by atoms with Gasteiger partial charge in [0, 0.05) is 19.2 Å². The Morgan fingerprint density at radius 3 is 2.82 bits per heavy atom. The average Bonchev–Trinajstić information content (AvgIpc) is 3.25. The first-order valence-electron chi connectivity index (χ1n) is 9.27. The molecule has 0 spiro atoms. The third kappa shape index (κ3) is 3.89. The number of hydrogen-bond donors (Lipinski definition) is 0. The summed E-state index contributed by atoms with van der Waals surface area (Å²) < 4.78 is 15.4. The molecule has 0 saturated carbocycles. The van der Waals surface area contributed by atoms with Crippen LogP contribution < -0.4 is 5.56 Å². The third-order valence-electron chi connectivity index (χ3n) is 4.99. The summed E-state index contributed by atoms with van der Waals surface area (Å²) in [6, 6.07) is 13.3. The minimum atomic E-state index is -0.369. The minimum Gasteiger partial charge on any atom is -0.340 e. The van der Waals surface area contributed by atoms with Gasteiger partial charge in [-0.15, -0.1) is 11.3 Å². The fourth-order valence-corrected chi connectivity index (χ4v) is 4.23. The molecule has 2 aromatic heterocycles. The van der Waals surface area contributed by atoms with E-state index in [0.717, 1.165) is 23.4 Å². The van der Waals surface area contributed by atoms with E-state index in [2.05, 4.69) is 5.10 Å². The monoisotopic (exact) mass is 397 g/mol. The Kier molecular flexibility index (Phi) is 5.34. The average molecular weight is 397 g/mol. The van der Waals surface area contributed by atoms with Crippen molar-refractivity contribution in [2.75, 3.05) is 13.1 Å². The van der Waals surface area contributed by atoms with Crippen LogP contribution in [0.5, 0.6) is 0 Å². The van der Waals surface area contributed by atoms with Crippen molar-refractivity contribution in [1.82, 2.24) is 14.7 Å². The number of nitrogens with zero attached hydrogens (tertiary/aromatic N) is 3. The van der Waals surface area contributed by atoms with Crippen molar-refractivity contribution in [3.05, 3.63) is 75.6 Å². The number of amides is 1. The highest BCUT2D eigenvalue weighted by atomic mass is 32.1. The second-order valence-electron chi connectivity index (χ2n) is 6.88. The highest BCUT2D eigenvalue weighted by Gasteiger charge is 2.26. The molecule has 1 atom stereocenters. The lowest BCUT2D eigenvalue weighted by molar-refractivity contribution is -0.132. The summed E-state index contributed by atoms with van der Waals surface area (Å²) >= 11 is 1.57. The molecule has 0 N–H and O–H groups in total. The Morgan fingerprint density at radius 2 is 2.04 bits per heavy atom. The summed E-state index contributed by atoms with van der Waals surface area (Å²) in [5.74, 6) is -0.497. The molecular weight excluding hydrogens is 377 g/mol. The molecule has 0 radical (unpaired) electrons. The Balaban J connectivity index is 1.52. The van der Waals surface area contributed by atoms with E-state index < -0.39 is 0 Å². The van der Waals surface area contributed by atoms with Crippen LogP contribution in [0.25, 0.3) is 10.6 Å². The van der Waals surface area contributed by atoms with Crippen LogP contribution in [0.4, 0.5) is 4.39 Å². The molecule has 7 heteroatoms. The molecule has 0 unspecified atom stereocenters. The van der Waals surface area contributed by atoms with Gasteiger partial charge in [0.15, 0.2) is 0 Å². The molecule has 28 heavy (non-hydrogen) atoms. The quantitative estimate of drug-likeness (QED) is 0.677. The van der Waals surface area contributed by atoms with Crippen LogP contribution in [-0.2, 0) is 11.2 Å². The van der Waals surface area contributed by atoms with E-state index in [4.69, 9.17) is 0 Å². The molecule has 1 aromatic carbocycles. The smallest absolute Gasteiger partial charge is 0.267 e. The molecule has 1 fully saturated rings. The summed E-state index contributed by atoms with van der Waals surface area (Å²) in [6.45, 7) is 1.03. The Morgan fingerprint density at radius 1 is 1.18 bits per heavy atom. The van der Waals surface area contributed by atoms with Gasteiger partial charge in [-0.2, -0.15) is 5.10 Å². The van der Waals surface area contributed by atoms with Crippen molar-refractivity contribution in [3.8, 4) is 10.6 Å². The van der Waals surface area contributed by atoms with E-state index >= 15 is 0 Å². The predicted octanol–water partition coefficient (Wildman–Crippen LogP) is 3.52. The maximum Gasteiger partial charge on any atom is 0.267 e. The number of thiophene rings is 1. The van der Waals surface area contributed by atoms with Gasteiger partial charge in [0.05, 0.1) is 17.3 Å². The lowest BCUT2D eigenvalue weighted by Gasteiger charge is -2.33. The van der Waals surface area contributed by atoms with Gasteiger partial charge in [0.25, 0.3) is 5.56 Å². The largest absolute Gasteiger partial charge is 0.340 e. The molecule has 0 aliphatic carbocycles. The van der Waals surface area contributed by atoms with Crippen LogP contribution in [0.3, 0.4) is 0 Å². The van der Waals surface area contributed by atoms with E-state index in [1.807, 2.05) is 17.5 Å². The summed E-state index contributed by atoms with van der Waals surface area (Å²) in [7, 11) is 0. The Bertz CT molecular complexity index is 1030. The number of likely N-dealkylation sites (tertiary alicyclic amines) is 1. The number of piperidine rings is 1. The van der Waals surface area contributed by atoms with Crippen molar-refractivity contribution in [3.63, 3.8) is 0 Å². The highest BCUT2D eigenvalue weighted by Crippen LogP contribution is 2.24. The van der Waals surface area contributed by atoms with Crippen LogP contribution >= 0.6 is 11.3 Å². The zero-order valence-electron chi connectivity index (χ0n) is 15.3. The molecule has 4 rings (SSSR count). The Labute approximate surface area is 166 Å².